The number of aromatic nitrogens is 2. The number of amides is 2. The minimum atomic E-state index is -1.01. The first-order valence-electron chi connectivity index (χ1n) is 13.5. The summed E-state index contributed by atoms with van der Waals surface area (Å²) in [6, 6.07) is 4.86. The Kier molecular flexibility index (Phi) is 10.2. The van der Waals surface area contributed by atoms with Gasteiger partial charge in [-0.15, -0.1) is 0 Å². The second-order valence-electron chi connectivity index (χ2n) is 11.6. The molecule has 11 heteroatoms. The van der Waals surface area contributed by atoms with E-state index in [0.29, 0.717) is 35.8 Å². The summed E-state index contributed by atoms with van der Waals surface area (Å²) in [5.41, 5.74) is 0.569. The predicted octanol–water partition coefficient (Wildman–Crippen LogP) is 4.92. The molecule has 0 radical (unpaired) electrons. The van der Waals surface area contributed by atoms with Crippen LogP contribution in [0.4, 0.5) is 4.79 Å². The average Bonchev–Trinajstić information content (AvgIpc) is 3.23. The first kappa shape index (κ1) is 30.7. The molecule has 1 aromatic carbocycles. The lowest BCUT2D eigenvalue weighted by molar-refractivity contribution is -0.144. The zero-order valence-electron chi connectivity index (χ0n) is 23.8. The molecular weight excluding hydrogens is 524 g/mol. The SMILES string of the molecule is COCCCCn1c(C(=O)N(CC(C)C)[C@H]2C[C@@H](C(=O)O)CN(C(=O)OC(C)(C)C)C2)nc2cccc(Cl)c21. The van der Waals surface area contributed by atoms with Crippen LogP contribution < -0.4 is 0 Å². The van der Waals surface area contributed by atoms with Crippen LogP contribution in [-0.2, 0) is 20.8 Å². The fourth-order valence-corrected chi connectivity index (χ4v) is 5.18. The maximum Gasteiger partial charge on any atom is 0.410 e. The highest BCUT2D eigenvalue weighted by Crippen LogP contribution is 2.29. The maximum absolute atomic E-state index is 14.2. The van der Waals surface area contributed by atoms with E-state index in [4.69, 9.17) is 21.1 Å². The molecule has 0 spiro atoms. The molecule has 1 fully saturated rings. The van der Waals surface area contributed by atoms with Crippen molar-refractivity contribution in [1.29, 1.82) is 0 Å². The molecule has 1 aliphatic heterocycles. The Bertz CT molecular complexity index is 1170. The number of aryl methyl sites for hydroxylation is 1. The first-order chi connectivity index (χ1) is 18.3. The molecule has 0 aliphatic carbocycles. The highest BCUT2D eigenvalue weighted by Gasteiger charge is 2.40. The van der Waals surface area contributed by atoms with Crippen molar-refractivity contribution in [2.45, 2.75) is 72.1 Å². The minimum Gasteiger partial charge on any atom is -0.481 e. The molecule has 1 aromatic heterocycles. The van der Waals surface area contributed by atoms with Gasteiger partial charge in [0.2, 0.25) is 0 Å². The number of hydrogen-bond donors (Lipinski definition) is 1. The van der Waals surface area contributed by atoms with Crippen LogP contribution >= 0.6 is 11.6 Å². The number of carbonyl (C=O) groups is 3. The van der Waals surface area contributed by atoms with Crippen LogP contribution in [0.3, 0.4) is 0 Å². The second-order valence-corrected chi connectivity index (χ2v) is 12.0. The van der Waals surface area contributed by atoms with Gasteiger partial charge in [-0.2, -0.15) is 0 Å². The highest BCUT2D eigenvalue weighted by atomic mass is 35.5. The van der Waals surface area contributed by atoms with Gasteiger partial charge in [0.1, 0.15) is 5.60 Å². The van der Waals surface area contributed by atoms with Crippen molar-refractivity contribution in [3.63, 3.8) is 0 Å². The van der Waals surface area contributed by atoms with Crippen molar-refractivity contribution in [1.82, 2.24) is 19.4 Å². The van der Waals surface area contributed by atoms with Gasteiger partial charge in [-0.25, -0.2) is 9.78 Å². The number of fused-ring (bicyclic) bond motifs is 1. The number of aliphatic carboxylic acids is 1. The molecule has 2 heterocycles. The Morgan fingerprint density at radius 2 is 1.92 bits per heavy atom. The molecule has 216 valence electrons. The number of rotatable bonds is 10. The molecule has 0 saturated carbocycles. The van der Waals surface area contributed by atoms with Crippen molar-refractivity contribution in [3.8, 4) is 0 Å². The molecule has 1 aliphatic rings. The summed E-state index contributed by atoms with van der Waals surface area (Å²) in [5.74, 6) is -1.82. The third kappa shape index (κ3) is 7.85. The normalized spacial score (nSPS) is 18.0. The number of nitrogens with zero attached hydrogens (tertiary/aromatic N) is 4. The Morgan fingerprint density at radius 1 is 1.21 bits per heavy atom. The van der Waals surface area contributed by atoms with E-state index in [1.54, 1.807) is 44.9 Å². The van der Waals surface area contributed by atoms with Crippen LogP contribution in [0.2, 0.25) is 5.02 Å². The van der Waals surface area contributed by atoms with E-state index in [0.717, 1.165) is 12.8 Å². The van der Waals surface area contributed by atoms with E-state index >= 15 is 0 Å². The number of benzene rings is 1. The van der Waals surface area contributed by atoms with Crippen molar-refractivity contribution in [2.24, 2.45) is 11.8 Å². The van der Waals surface area contributed by atoms with Gasteiger partial charge in [-0.1, -0.05) is 31.5 Å². The monoisotopic (exact) mass is 564 g/mol. The zero-order chi connectivity index (χ0) is 28.9. The molecule has 39 heavy (non-hydrogen) atoms. The third-order valence-corrected chi connectivity index (χ3v) is 6.89. The van der Waals surface area contributed by atoms with E-state index in [1.807, 2.05) is 24.5 Å². The van der Waals surface area contributed by atoms with Crippen LogP contribution in [0.25, 0.3) is 11.0 Å². The van der Waals surface area contributed by atoms with Crippen molar-refractivity contribution < 1.29 is 29.0 Å². The molecule has 2 atom stereocenters. The third-order valence-electron chi connectivity index (χ3n) is 6.58. The molecule has 0 unspecified atom stereocenters. The lowest BCUT2D eigenvalue weighted by atomic mass is 9.92. The summed E-state index contributed by atoms with van der Waals surface area (Å²) >= 11 is 6.56. The number of halogens is 1. The van der Waals surface area contributed by atoms with Gasteiger partial charge in [-0.05, 0) is 58.1 Å². The maximum atomic E-state index is 14.2. The number of ether oxygens (including phenoxy) is 2. The van der Waals surface area contributed by atoms with Crippen LogP contribution in [0, 0.1) is 11.8 Å². The quantitative estimate of drug-likeness (QED) is 0.407. The summed E-state index contributed by atoms with van der Waals surface area (Å²) in [7, 11) is 1.65. The number of carbonyl (C=O) groups excluding carboxylic acids is 2. The number of carboxylic acids is 1. The largest absolute Gasteiger partial charge is 0.481 e. The van der Waals surface area contributed by atoms with Crippen LogP contribution in [0.15, 0.2) is 18.2 Å². The number of carboxylic acid groups (broad SMARTS) is 1. The van der Waals surface area contributed by atoms with Crippen molar-refractivity contribution in [3.05, 3.63) is 29.0 Å². The van der Waals surface area contributed by atoms with Gasteiger partial charge >= 0.3 is 12.1 Å². The minimum absolute atomic E-state index is 0.0259. The number of imidazole rings is 1. The Hall–Kier alpha value is -2.85. The fraction of sp³-hybridized carbons (Fsp3) is 0.643. The Balaban J connectivity index is 2.01. The summed E-state index contributed by atoms with van der Waals surface area (Å²) in [4.78, 5) is 47.1. The number of unbranched alkanes of at least 4 members (excludes halogenated alkanes) is 1. The van der Waals surface area contributed by atoms with Crippen molar-refractivity contribution >= 4 is 40.6 Å². The molecule has 1 saturated heterocycles. The number of methoxy groups -OCH3 is 1. The van der Waals surface area contributed by atoms with Crippen LogP contribution in [0.1, 0.15) is 64.5 Å². The van der Waals surface area contributed by atoms with Gasteiger partial charge in [0.15, 0.2) is 5.82 Å². The van der Waals surface area contributed by atoms with E-state index in [9.17, 15) is 19.5 Å². The zero-order valence-corrected chi connectivity index (χ0v) is 24.5. The van der Waals surface area contributed by atoms with E-state index in [-0.39, 0.29) is 37.2 Å². The summed E-state index contributed by atoms with van der Waals surface area (Å²) in [5, 5.41) is 10.4. The summed E-state index contributed by atoms with van der Waals surface area (Å²) in [6.45, 7) is 11.0. The van der Waals surface area contributed by atoms with E-state index < -0.39 is 29.6 Å². The number of para-hydroxylation sites is 1. The molecule has 0 bridgehead atoms. The molecular formula is C28H41ClN4O6. The average molecular weight is 565 g/mol. The first-order valence-corrected chi connectivity index (χ1v) is 13.9. The summed E-state index contributed by atoms with van der Waals surface area (Å²) in [6.07, 6.45) is 1.19. The van der Waals surface area contributed by atoms with Crippen LogP contribution in [-0.4, -0.2) is 87.4 Å². The Labute approximate surface area is 235 Å². The molecule has 2 amide bonds. The van der Waals surface area contributed by atoms with Gasteiger partial charge < -0.3 is 28.9 Å². The van der Waals surface area contributed by atoms with Gasteiger partial charge in [0.25, 0.3) is 5.91 Å². The molecule has 1 N–H and O–H groups in total. The second kappa shape index (κ2) is 13.0. The number of piperidine rings is 1. The standard InChI is InChI=1S/C28H41ClN4O6/c1-18(2)15-33(20-14-19(26(35)36)16-31(17-20)27(37)39-28(3,4)5)25(34)24-30-22-11-9-10-21(29)23(22)32(24)12-7-8-13-38-6/h9-11,18-20H,7-8,12-17H2,1-6H3,(H,35,36)/t19-,20+/m1/s1. The lowest BCUT2D eigenvalue weighted by Crippen LogP contribution is -2.57. The smallest absolute Gasteiger partial charge is 0.410 e. The topological polar surface area (TPSA) is 114 Å². The fourth-order valence-electron chi connectivity index (χ4n) is 4.91. The predicted molar refractivity (Wildman–Crippen MR) is 149 cm³/mol. The van der Waals surface area contributed by atoms with Gasteiger partial charge in [0.05, 0.1) is 28.0 Å². The lowest BCUT2D eigenvalue weighted by Gasteiger charge is -2.42. The van der Waals surface area contributed by atoms with Gasteiger partial charge in [-0.3, -0.25) is 9.59 Å². The van der Waals surface area contributed by atoms with Gasteiger partial charge in [0, 0.05) is 39.9 Å². The highest BCUT2D eigenvalue weighted by molar-refractivity contribution is 6.35. The molecule has 2 aromatic rings. The Morgan fingerprint density at radius 3 is 2.54 bits per heavy atom. The van der Waals surface area contributed by atoms with E-state index in [2.05, 4.69) is 4.98 Å². The number of likely N-dealkylation sites (tertiary alicyclic amines) is 1. The van der Waals surface area contributed by atoms with Crippen LogP contribution in [0.5, 0.6) is 0 Å². The van der Waals surface area contributed by atoms with E-state index in [1.165, 1.54) is 4.90 Å². The molecule has 3 rings (SSSR count). The summed E-state index contributed by atoms with van der Waals surface area (Å²) < 4.78 is 12.6. The van der Waals surface area contributed by atoms with Crippen molar-refractivity contribution in [2.75, 3.05) is 33.4 Å². The molecule has 10 nitrogen and oxygen atoms in total. The number of hydrogen-bond acceptors (Lipinski definition) is 6.